The number of aliphatic hydroxyl groups is 2. The van der Waals surface area contributed by atoms with E-state index in [1.165, 1.54) is 44.9 Å². The molecule has 3 fully saturated rings. The minimum absolute atomic E-state index is 0.0652. The van der Waals surface area contributed by atoms with Gasteiger partial charge in [0.2, 0.25) is 0 Å². The molecule has 2 N–H and O–H groups in total. The van der Waals surface area contributed by atoms with Gasteiger partial charge in [0, 0.05) is 0 Å². The number of aliphatic hydroxyl groups excluding tert-OH is 2. The minimum Gasteiger partial charge on any atom is -0.494 e. The fraction of sp³-hybridized carbons (Fsp3) is 0.742. The first-order valence-corrected chi connectivity index (χ1v) is 14.1. The SMILES string of the molecule is C[C@H](CCCOc1cccc(CO)c1)[C@H]1CCC2C3CC=C4C[C@@H](O)CC[C@]4(C)C3CC[C@@]21C. The first kappa shape index (κ1) is 24.4. The van der Waals surface area contributed by atoms with Crippen LogP contribution in [-0.2, 0) is 6.61 Å². The van der Waals surface area contributed by atoms with Gasteiger partial charge < -0.3 is 14.9 Å². The highest BCUT2D eigenvalue weighted by Gasteiger charge is 2.59. The summed E-state index contributed by atoms with van der Waals surface area (Å²) in [4.78, 5) is 0. The molecule has 5 rings (SSSR count). The maximum absolute atomic E-state index is 10.3. The van der Waals surface area contributed by atoms with E-state index in [-0.39, 0.29) is 12.7 Å². The zero-order valence-electron chi connectivity index (χ0n) is 21.6. The van der Waals surface area contributed by atoms with Gasteiger partial charge in [-0.1, -0.05) is 44.6 Å². The number of ether oxygens (including phenoxy) is 1. The number of fused-ring (bicyclic) bond motifs is 5. The number of rotatable bonds is 7. The largest absolute Gasteiger partial charge is 0.494 e. The second-order valence-electron chi connectivity index (χ2n) is 12.7. The second-order valence-corrected chi connectivity index (χ2v) is 12.7. The maximum Gasteiger partial charge on any atom is 0.119 e. The predicted molar refractivity (Wildman–Crippen MR) is 137 cm³/mol. The highest BCUT2D eigenvalue weighted by atomic mass is 16.5. The van der Waals surface area contributed by atoms with Crippen molar-refractivity contribution in [1.82, 2.24) is 0 Å². The fourth-order valence-electron chi connectivity index (χ4n) is 9.15. The molecule has 0 amide bonds. The lowest BCUT2D eigenvalue weighted by atomic mass is 9.47. The van der Waals surface area contributed by atoms with Crippen LogP contribution in [0.4, 0.5) is 0 Å². The van der Waals surface area contributed by atoms with Crippen LogP contribution in [-0.4, -0.2) is 22.9 Å². The monoisotopic (exact) mass is 466 g/mol. The predicted octanol–water partition coefficient (Wildman–Crippen LogP) is 6.91. The van der Waals surface area contributed by atoms with Crippen molar-refractivity contribution >= 4 is 0 Å². The second kappa shape index (κ2) is 9.62. The molecule has 188 valence electrons. The van der Waals surface area contributed by atoms with E-state index in [4.69, 9.17) is 4.74 Å². The molecule has 0 aliphatic heterocycles. The summed E-state index contributed by atoms with van der Waals surface area (Å²) < 4.78 is 6.00. The van der Waals surface area contributed by atoms with Crippen molar-refractivity contribution < 1.29 is 14.9 Å². The molecular formula is C31H46O3. The average molecular weight is 467 g/mol. The summed E-state index contributed by atoms with van der Waals surface area (Å²) in [6, 6.07) is 7.82. The van der Waals surface area contributed by atoms with Gasteiger partial charge in [-0.2, -0.15) is 0 Å². The molecule has 0 heterocycles. The summed E-state index contributed by atoms with van der Waals surface area (Å²) >= 11 is 0. The van der Waals surface area contributed by atoms with Gasteiger partial charge in [0.25, 0.3) is 0 Å². The van der Waals surface area contributed by atoms with Gasteiger partial charge in [-0.15, -0.1) is 0 Å². The van der Waals surface area contributed by atoms with Crippen LogP contribution in [0.15, 0.2) is 35.9 Å². The molecular weight excluding hydrogens is 420 g/mol. The highest BCUT2D eigenvalue weighted by molar-refractivity contribution is 5.28. The van der Waals surface area contributed by atoms with Crippen molar-refractivity contribution in [2.45, 2.75) is 97.7 Å². The van der Waals surface area contributed by atoms with Crippen LogP contribution in [0.2, 0.25) is 0 Å². The van der Waals surface area contributed by atoms with Gasteiger partial charge in [-0.05, 0) is 122 Å². The molecule has 0 spiro atoms. The molecule has 3 saturated carbocycles. The van der Waals surface area contributed by atoms with Gasteiger partial charge >= 0.3 is 0 Å². The van der Waals surface area contributed by atoms with Crippen molar-refractivity contribution in [3.63, 3.8) is 0 Å². The molecule has 34 heavy (non-hydrogen) atoms. The summed E-state index contributed by atoms with van der Waals surface area (Å²) in [6.45, 7) is 8.50. The summed E-state index contributed by atoms with van der Waals surface area (Å²) in [5, 5.41) is 19.6. The van der Waals surface area contributed by atoms with Gasteiger partial charge in [-0.25, -0.2) is 0 Å². The Balaban J connectivity index is 1.19. The summed E-state index contributed by atoms with van der Waals surface area (Å²) in [5.74, 6) is 5.00. The number of hydrogen-bond acceptors (Lipinski definition) is 3. The topological polar surface area (TPSA) is 49.7 Å². The Morgan fingerprint density at radius 3 is 2.76 bits per heavy atom. The van der Waals surface area contributed by atoms with E-state index in [0.29, 0.717) is 10.8 Å². The summed E-state index contributed by atoms with van der Waals surface area (Å²) in [6.07, 6.45) is 14.7. The Kier molecular flexibility index (Phi) is 6.90. The number of benzene rings is 1. The van der Waals surface area contributed by atoms with Crippen LogP contribution in [0.1, 0.15) is 90.5 Å². The highest BCUT2D eigenvalue weighted by Crippen LogP contribution is 2.67. The van der Waals surface area contributed by atoms with E-state index in [2.05, 4.69) is 26.8 Å². The lowest BCUT2D eigenvalue weighted by Gasteiger charge is -2.58. The molecule has 3 nitrogen and oxygen atoms in total. The molecule has 0 bridgehead atoms. The Labute approximate surface area is 207 Å². The zero-order chi connectivity index (χ0) is 23.9. The van der Waals surface area contributed by atoms with Crippen LogP contribution in [0, 0.1) is 40.4 Å². The van der Waals surface area contributed by atoms with Crippen molar-refractivity contribution in [2.24, 2.45) is 40.4 Å². The van der Waals surface area contributed by atoms with Crippen molar-refractivity contribution in [2.75, 3.05) is 6.61 Å². The Morgan fingerprint density at radius 2 is 1.94 bits per heavy atom. The zero-order valence-corrected chi connectivity index (χ0v) is 21.6. The molecule has 1 aromatic carbocycles. The van der Waals surface area contributed by atoms with E-state index in [9.17, 15) is 10.2 Å². The molecule has 4 aliphatic carbocycles. The quantitative estimate of drug-likeness (QED) is 0.339. The summed E-state index contributed by atoms with van der Waals surface area (Å²) in [7, 11) is 0. The minimum atomic E-state index is -0.107. The third-order valence-corrected chi connectivity index (χ3v) is 11.0. The van der Waals surface area contributed by atoms with Gasteiger partial charge in [-0.3, -0.25) is 0 Å². The molecule has 4 aliphatic rings. The average Bonchev–Trinajstić information content (AvgIpc) is 3.19. The Morgan fingerprint density at radius 1 is 1.09 bits per heavy atom. The van der Waals surface area contributed by atoms with E-state index in [0.717, 1.165) is 66.8 Å². The molecule has 1 aromatic rings. The van der Waals surface area contributed by atoms with Gasteiger partial charge in [0.1, 0.15) is 5.75 Å². The molecule has 3 heteroatoms. The molecule has 0 radical (unpaired) electrons. The Bertz CT molecular complexity index is 892. The first-order valence-electron chi connectivity index (χ1n) is 14.1. The normalized spacial score (nSPS) is 40.0. The van der Waals surface area contributed by atoms with Crippen LogP contribution < -0.4 is 4.74 Å². The van der Waals surface area contributed by atoms with E-state index in [1.54, 1.807) is 5.57 Å². The van der Waals surface area contributed by atoms with E-state index >= 15 is 0 Å². The van der Waals surface area contributed by atoms with Gasteiger partial charge in [0.05, 0.1) is 19.3 Å². The van der Waals surface area contributed by atoms with Crippen molar-refractivity contribution in [1.29, 1.82) is 0 Å². The van der Waals surface area contributed by atoms with E-state index in [1.807, 2.05) is 24.3 Å². The maximum atomic E-state index is 10.3. The lowest BCUT2D eigenvalue weighted by molar-refractivity contribution is -0.0573. The van der Waals surface area contributed by atoms with E-state index < -0.39 is 0 Å². The lowest BCUT2D eigenvalue weighted by Crippen LogP contribution is -2.50. The smallest absolute Gasteiger partial charge is 0.119 e. The van der Waals surface area contributed by atoms with Gasteiger partial charge in [0.15, 0.2) is 0 Å². The third-order valence-electron chi connectivity index (χ3n) is 11.0. The molecule has 3 unspecified atom stereocenters. The van der Waals surface area contributed by atoms with Crippen molar-refractivity contribution in [3.8, 4) is 5.75 Å². The molecule has 0 aromatic heterocycles. The molecule has 0 saturated heterocycles. The van der Waals surface area contributed by atoms with Crippen LogP contribution in [0.3, 0.4) is 0 Å². The van der Waals surface area contributed by atoms with Crippen molar-refractivity contribution in [3.05, 3.63) is 41.5 Å². The van der Waals surface area contributed by atoms with Crippen LogP contribution >= 0.6 is 0 Å². The number of hydrogen-bond donors (Lipinski definition) is 2. The van der Waals surface area contributed by atoms with Crippen LogP contribution in [0.25, 0.3) is 0 Å². The summed E-state index contributed by atoms with van der Waals surface area (Å²) in [5.41, 5.74) is 3.34. The first-order chi connectivity index (χ1) is 16.3. The standard InChI is InChI=1S/C31H46O3/c1-21(6-5-17-34-25-8-4-7-22(18-25)20-32)27-11-12-28-26-10-9-23-19-24(33)13-15-30(23,2)29(26)14-16-31(27,28)3/h4,7-9,18,21,24,26-29,32-33H,5-6,10-17,19-20H2,1-3H3/t21-,24+,26?,27-,28?,29?,30+,31-/m1/s1. The fourth-order valence-corrected chi connectivity index (χ4v) is 9.15. The number of allylic oxidation sites excluding steroid dienone is 1. The van der Waals surface area contributed by atoms with Crippen LogP contribution in [0.5, 0.6) is 5.75 Å². The third kappa shape index (κ3) is 4.26. The Hall–Kier alpha value is -1.32. The molecule has 8 atom stereocenters.